The standard InChI is InChI=1S/C17H17N3O3S/c1-17(2,16(18)23)9-20-11-8-19-6-5-10(11)13(15(20)22)14(21)12-4-3-7-24-12/h3-8,13H,9H2,1-2H3,(H2,18,23). The number of anilines is 1. The zero-order valence-corrected chi connectivity index (χ0v) is 14.2. The van der Waals surface area contributed by atoms with Crippen LogP contribution in [-0.2, 0) is 9.59 Å². The first-order chi connectivity index (χ1) is 11.3. The number of hydrogen-bond donors (Lipinski definition) is 1. The van der Waals surface area contributed by atoms with Crippen LogP contribution in [0.4, 0.5) is 5.69 Å². The maximum Gasteiger partial charge on any atom is 0.242 e. The van der Waals surface area contributed by atoms with Crippen LogP contribution >= 0.6 is 11.3 Å². The van der Waals surface area contributed by atoms with Crippen molar-refractivity contribution < 1.29 is 14.4 Å². The molecule has 2 N–H and O–H groups in total. The molecule has 7 heteroatoms. The fourth-order valence-corrected chi connectivity index (χ4v) is 3.42. The van der Waals surface area contributed by atoms with Gasteiger partial charge < -0.3 is 10.6 Å². The number of Topliss-reactive ketones (excluding diaryl/α,β-unsaturated/α-hetero) is 1. The Morgan fingerprint density at radius 2 is 2.12 bits per heavy atom. The van der Waals surface area contributed by atoms with E-state index in [1.165, 1.54) is 16.2 Å². The van der Waals surface area contributed by atoms with E-state index in [-0.39, 0.29) is 18.2 Å². The van der Waals surface area contributed by atoms with Crippen LogP contribution in [0.1, 0.15) is 35.0 Å². The molecule has 6 nitrogen and oxygen atoms in total. The minimum absolute atomic E-state index is 0.105. The number of carbonyl (C=O) groups excluding carboxylic acids is 3. The zero-order valence-electron chi connectivity index (χ0n) is 13.4. The molecule has 0 saturated heterocycles. The van der Waals surface area contributed by atoms with Crippen molar-refractivity contribution in [1.82, 2.24) is 4.98 Å². The first kappa shape index (κ1) is 16.3. The molecule has 0 aromatic carbocycles. The lowest BCUT2D eigenvalue weighted by atomic mass is 9.92. The molecule has 0 aliphatic carbocycles. The first-order valence-electron chi connectivity index (χ1n) is 7.46. The molecule has 3 heterocycles. The van der Waals surface area contributed by atoms with Gasteiger partial charge in [-0.2, -0.15) is 0 Å². The van der Waals surface area contributed by atoms with Gasteiger partial charge in [0.15, 0.2) is 5.78 Å². The second-order valence-electron chi connectivity index (χ2n) is 6.38. The molecule has 0 saturated carbocycles. The van der Waals surface area contributed by atoms with Gasteiger partial charge in [0.2, 0.25) is 11.8 Å². The summed E-state index contributed by atoms with van der Waals surface area (Å²) in [6.07, 6.45) is 3.11. The highest BCUT2D eigenvalue weighted by atomic mass is 32.1. The Morgan fingerprint density at radius 3 is 2.75 bits per heavy atom. The summed E-state index contributed by atoms with van der Waals surface area (Å²) in [6.45, 7) is 3.45. The van der Waals surface area contributed by atoms with Crippen molar-refractivity contribution in [2.45, 2.75) is 19.8 Å². The summed E-state index contributed by atoms with van der Waals surface area (Å²) in [5.74, 6) is -1.98. The number of ketones is 1. The molecule has 0 radical (unpaired) electrons. The Bertz CT molecular complexity index is 814. The molecule has 3 rings (SSSR count). The predicted molar refractivity (Wildman–Crippen MR) is 91.0 cm³/mol. The van der Waals surface area contributed by atoms with Crippen molar-refractivity contribution in [3.63, 3.8) is 0 Å². The van der Waals surface area contributed by atoms with Crippen molar-refractivity contribution in [2.24, 2.45) is 11.1 Å². The average molecular weight is 343 g/mol. The number of primary amides is 1. The van der Waals surface area contributed by atoms with E-state index in [0.717, 1.165) is 0 Å². The summed E-state index contributed by atoms with van der Waals surface area (Å²) in [4.78, 5) is 43.4. The number of nitrogens with zero attached hydrogens (tertiary/aromatic N) is 2. The van der Waals surface area contributed by atoms with Crippen molar-refractivity contribution in [3.8, 4) is 0 Å². The number of fused-ring (bicyclic) bond motifs is 1. The van der Waals surface area contributed by atoms with E-state index in [9.17, 15) is 14.4 Å². The minimum Gasteiger partial charge on any atom is -0.369 e. The van der Waals surface area contributed by atoms with Gasteiger partial charge in [-0.1, -0.05) is 6.07 Å². The van der Waals surface area contributed by atoms with Gasteiger partial charge in [0.25, 0.3) is 0 Å². The lowest BCUT2D eigenvalue weighted by molar-refractivity contribution is -0.126. The highest BCUT2D eigenvalue weighted by Gasteiger charge is 2.44. The van der Waals surface area contributed by atoms with Gasteiger partial charge in [0.1, 0.15) is 5.92 Å². The number of nitrogens with two attached hydrogens (primary N) is 1. The topological polar surface area (TPSA) is 93.4 Å². The van der Waals surface area contributed by atoms with E-state index in [0.29, 0.717) is 16.1 Å². The van der Waals surface area contributed by atoms with Gasteiger partial charge in [-0.25, -0.2) is 0 Å². The number of thiophene rings is 1. The van der Waals surface area contributed by atoms with Gasteiger partial charge >= 0.3 is 0 Å². The Labute approximate surface area is 143 Å². The van der Waals surface area contributed by atoms with E-state index in [2.05, 4.69) is 4.98 Å². The van der Waals surface area contributed by atoms with Crippen molar-refractivity contribution in [2.75, 3.05) is 11.4 Å². The van der Waals surface area contributed by atoms with Crippen LogP contribution in [0, 0.1) is 5.41 Å². The average Bonchev–Trinajstić information content (AvgIpc) is 3.15. The third kappa shape index (κ3) is 2.60. The molecule has 0 spiro atoms. The molecule has 0 fully saturated rings. The van der Waals surface area contributed by atoms with Gasteiger partial charge in [0, 0.05) is 12.7 Å². The summed E-state index contributed by atoms with van der Waals surface area (Å²) in [5.41, 5.74) is 5.70. The molecule has 2 aromatic rings. The second-order valence-corrected chi connectivity index (χ2v) is 7.33. The van der Waals surface area contributed by atoms with Crippen LogP contribution in [0.2, 0.25) is 0 Å². The van der Waals surface area contributed by atoms with Gasteiger partial charge in [0.05, 0.1) is 22.2 Å². The Hall–Kier alpha value is -2.54. The molecule has 2 amide bonds. The predicted octanol–water partition coefficient (Wildman–Crippen LogP) is 1.97. The number of carbonyl (C=O) groups is 3. The van der Waals surface area contributed by atoms with Crippen molar-refractivity contribution in [1.29, 1.82) is 0 Å². The molecule has 0 bridgehead atoms. The van der Waals surface area contributed by atoms with Crippen LogP contribution in [0.15, 0.2) is 36.0 Å². The highest BCUT2D eigenvalue weighted by molar-refractivity contribution is 7.12. The van der Waals surface area contributed by atoms with Crippen LogP contribution < -0.4 is 10.6 Å². The highest BCUT2D eigenvalue weighted by Crippen LogP contribution is 2.40. The molecular formula is C17H17N3O3S. The molecule has 24 heavy (non-hydrogen) atoms. The zero-order chi connectivity index (χ0) is 17.5. The molecule has 1 unspecified atom stereocenters. The number of rotatable bonds is 5. The monoisotopic (exact) mass is 343 g/mol. The molecular weight excluding hydrogens is 326 g/mol. The summed E-state index contributed by atoms with van der Waals surface area (Å²) < 4.78 is 0. The third-order valence-electron chi connectivity index (χ3n) is 4.19. The quantitative estimate of drug-likeness (QED) is 0.663. The maximum absolute atomic E-state index is 12.9. The Kier molecular flexibility index (Phi) is 3.96. The minimum atomic E-state index is -0.913. The Morgan fingerprint density at radius 1 is 1.38 bits per heavy atom. The normalized spacial score (nSPS) is 17.0. The van der Waals surface area contributed by atoms with Gasteiger partial charge in [-0.05, 0) is 36.9 Å². The van der Waals surface area contributed by atoms with Crippen LogP contribution in [0.5, 0.6) is 0 Å². The molecule has 124 valence electrons. The van der Waals surface area contributed by atoms with Crippen LogP contribution in [0.3, 0.4) is 0 Å². The number of hydrogen-bond acceptors (Lipinski definition) is 5. The number of aromatic nitrogens is 1. The lowest BCUT2D eigenvalue weighted by Crippen LogP contribution is -2.44. The molecule has 1 atom stereocenters. The maximum atomic E-state index is 12.9. The van der Waals surface area contributed by atoms with Gasteiger partial charge in [-0.15, -0.1) is 11.3 Å². The number of pyridine rings is 1. The number of amides is 2. The second kappa shape index (κ2) is 5.83. The van der Waals surface area contributed by atoms with Crippen molar-refractivity contribution >= 4 is 34.6 Å². The van der Waals surface area contributed by atoms with E-state index >= 15 is 0 Å². The summed E-state index contributed by atoms with van der Waals surface area (Å²) in [7, 11) is 0. The summed E-state index contributed by atoms with van der Waals surface area (Å²) in [6, 6.07) is 5.16. The fourth-order valence-electron chi connectivity index (χ4n) is 2.72. The molecule has 1 aliphatic heterocycles. The van der Waals surface area contributed by atoms with Crippen LogP contribution in [0.25, 0.3) is 0 Å². The van der Waals surface area contributed by atoms with E-state index in [4.69, 9.17) is 5.73 Å². The largest absolute Gasteiger partial charge is 0.369 e. The third-order valence-corrected chi connectivity index (χ3v) is 5.08. The first-order valence-corrected chi connectivity index (χ1v) is 8.34. The van der Waals surface area contributed by atoms with E-state index in [1.807, 2.05) is 0 Å². The Balaban J connectivity index is 2.01. The van der Waals surface area contributed by atoms with E-state index < -0.39 is 17.2 Å². The smallest absolute Gasteiger partial charge is 0.242 e. The van der Waals surface area contributed by atoms with Gasteiger partial charge in [-0.3, -0.25) is 19.4 Å². The summed E-state index contributed by atoms with van der Waals surface area (Å²) in [5, 5.41) is 1.80. The lowest BCUT2D eigenvalue weighted by Gasteiger charge is -2.27. The molecule has 1 aliphatic rings. The SMILES string of the molecule is CC(C)(CN1C(=O)C(C(=O)c2cccs2)c2ccncc21)C(N)=O. The molecule has 2 aromatic heterocycles. The fraction of sp³-hybridized carbons (Fsp3) is 0.294. The van der Waals surface area contributed by atoms with Crippen molar-refractivity contribution in [3.05, 3.63) is 46.4 Å². The van der Waals surface area contributed by atoms with E-state index in [1.54, 1.807) is 49.8 Å². The summed E-state index contributed by atoms with van der Waals surface area (Å²) >= 11 is 1.30. The van der Waals surface area contributed by atoms with Crippen LogP contribution in [-0.4, -0.2) is 29.1 Å².